The standard InChI is InChI=1S/C10H19NO2S/c11-9(7-14)10(12)13-6-8-4-2-1-3-5-8/h8-9,14H,1-7,11H2. The third kappa shape index (κ3) is 3.88. The van der Waals surface area contributed by atoms with Gasteiger partial charge in [-0.25, -0.2) is 0 Å². The van der Waals surface area contributed by atoms with Crippen molar-refractivity contribution in [3.05, 3.63) is 0 Å². The van der Waals surface area contributed by atoms with Crippen LogP contribution in [0.3, 0.4) is 0 Å². The van der Waals surface area contributed by atoms with Crippen molar-refractivity contribution in [1.29, 1.82) is 0 Å². The Morgan fingerprint density at radius 1 is 1.43 bits per heavy atom. The van der Waals surface area contributed by atoms with Crippen LogP contribution in [0.25, 0.3) is 0 Å². The fourth-order valence-electron chi connectivity index (χ4n) is 1.74. The molecule has 1 atom stereocenters. The monoisotopic (exact) mass is 217 g/mol. The van der Waals surface area contributed by atoms with Crippen molar-refractivity contribution in [3.8, 4) is 0 Å². The highest BCUT2D eigenvalue weighted by molar-refractivity contribution is 7.80. The van der Waals surface area contributed by atoms with Crippen molar-refractivity contribution in [2.75, 3.05) is 12.4 Å². The first-order valence-corrected chi connectivity index (χ1v) is 5.90. The summed E-state index contributed by atoms with van der Waals surface area (Å²) in [4.78, 5) is 11.2. The number of nitrogens with two attached hydrogens (primary N) is 1. The average Bonchev–Trinajstić information content (AvgIpc) is 2.26. The number of carbonyl (C=O) groups excluding carboxylic acids is 1. The van der Waals surface area contributed by atoms with Crippen LogP contribution in [0.2, 0.25) is 0 Å². The van der Waals surface area contributed by atoms with E-state index < -0.39 is 6.04 Å². The molecule has 0 heterocycles. The Bertz CT molecular complexity index is 181. The van der Waals surface area contributed by atoms with Crippen molar-refractivity contribution in [3.63, 3.8) is 0 Å². The van der Waals surface area contributed by atoms with Crippen LogP contribution in [0.15, 0.2) is 0 Å². The van der Waals surface area contributed by atoms with E-state index in [9.17, 15) is 4.79 Å². The van der Waals surface area contributed by atoms with Crippen LogP contribution in [0.4, 0.5) is 0 Å². The molecule has 82 valence electrons. The Morgan fingerprint density at radius 3 is 2.64 bits per heavy atom. The second-order valence-electron chi connectivity index (χ2n) is 3.92. The smallest absolute Gasteiger partial charge is 0.323 e. The molecule has 14 heavy (non-hydrogen) atoms. The van der Waals surface area contributed by atoms with Gasteiger partial charge in [-0.05, 0) is 18.8 Å². The summed E-state index contributed by atoms with van der Waals surface area (Å²) in [6.45, 7) is 0.542. The molecule has 0 aliphatic heterocycles. The molecule has 1 saturated carbocycles. The quantitative estimate of drug-likeness (QED) is 0.552. The average molecular weight is 217 g/mol. The van der Waals surface area contributed by atoms with Gasteiger partial charge in [0.2, 0.25) is 0 Å². The van der Waals surface area contributed by atoms with E-state index in [1.54, 1.807) is 0 Å². The van der Waals surface area contributed by atoms with Crippen LogP contribution < -0.4 is 5.73 Å². The lowest BCUT2D eigenvalue weighted by molar-refractivity contribution is -0.146. The lowest BCUT2D eigenvalue weighted by Gasteiger charge is -2.21. The molecule has 1 unspecified atom stereocenters. The number of ether oxygens (including phenoxy) is 1. The molecule has 0 aromatic rings. The van der Waals surface area contributed by atoms with Crippen molar-refractivity contribution in [2.45, 2.75) is 38.1 Å². The lowest BCUT2D eigenvalue weighted by atomic mass is 9.90. The maximum atomic E-state index is 11.2. The number of hydrogen-bond donors (Lipinski definition) is 2. The maximum absolute atomic E-state index is 11.2. The molecule has 0 bridgehead atoms. The first-order valence-electron chi connectivity index (χ1n) is 5.27. The van der Waals surface area contributed by atoms with E-state index >= 15 is 0 Å². The Balaban J connectivity index is 2.15. The maximum Gasteiger partial charge on any atom is 0.323 e. The Kier molecular flexibility index (Phi) is 5.33. The van der Waals surface area contributed by atoms with Crippen molar-refractivity contribution in [2.24, 2.45) is 11.7 Å². The molecule has 1 aliphatic rings. The van der Waals surface area contributed by atoms with E-state index in [1.165, 1.54) is 32.1 Å². The molecule has 3 nitrogen and oxygen atoms in total. The molecule has 2 N–H and O–H groups in total. The zero-order valence-electron chi connectivity index (χ0n) is 8.45. The van der Waals surface area contributed by atoms with Gasteiger partial charge in [-0.15, -0.1) is 0 Å². The summed E-state index contributed by atoms with van der Waals surface area (Å²) in [5.41, 5.74) is 5.48. The topological polar surface area (TPSA) is 52.3 Å². The second kappa shape index (κ2) is 6.30. The molecule has 0 aromatic carbocycles. The number of carbonyl (C=O) groups is 1. The van der Waals surface area contributed by atoms with Gasteiger partial charge >= 0.3 is 5.97 Å². The Morgan fingerprint density at radius 2 is 2.07 bits per heavy atom. The number of esters is 1. The second-order valence-corrected chi connectivity index (χ2v) is 4.29. The molecular weight excluding hydrogens is 198 g/mol. The van der Waals surface area contributed by atoms with Crippen molar-refractivity contribution < 1.29 is 9.53 Å². The molecule has 1 fully saturated rings. The van der Waals surface area contributed by atoms with Crippen LogP contribution in [-0.2, 0) is 9.53 Å². The number of thiol groups is 1. The normalized spacial score (nSPS) is 20.4. The molecule has 0 radical (unpaired) electrons. The SMILES string of the molecule is NC(CS)C(=O)OCC1CCCCC1. The van der Waals surface area contributed by atoms with Gasteiger partial charge in [-0.1, -0.05) is 19.3 Å². The van der Waals surface area contributed by atoms with E-state index in [2.05, 4.69) is 12.6 Å². The van der Waals surface area contributed by atoms with Crippen molar-refractivity contribution >= 4 is 18.6 Å². The third-order valence-corrected chi connectivity index (χ3v) is 3.08. The number of hydrogen-bond acceptors (Lipinski definition) is 4. The molecule has 1 aliphatic carbocycles. The van der Waals surface area contributed by atoms with E-state index in [1.807, 2.05) is 0 Å². The fourth-order valence-corrected chi connectivity index (χ4v) is 1.88. The lowest BCUT2D eigenvalue weighted by Crippen LogP contribution is -2.35. The summed E-state index contributed by atoms with van der Waals surface area (Å²) in [6.07, 6.45) is 6.22. The first kappa shape index (κ1) is 11.9. The van der Waals surface area contributed by atoms with Gasteiger partial charge in [0.05, 0.1) is 6.61 Å². The molecule has 1 rings (SSSR count). The molecular formula is C10H19NO2S. The first-order chi connectivity index (χ1) is 6.74. The summed E-state index contributed by atoms with van der Waals surface area (Å²) in [6, 6.07) is -0.568. The van der Waals surface area contributed by atoms with Crippen LogP contribution in [0, 0.1) is 5.92 Å². The summed E-state index contributed by atoms with van der Waals surface area (Å²) in [7, 11) is 0. The predicted molar refractivity (Wildman–Crippen MR) is 59.4 cm³/mol. The third-order valence-electron chi connectivity index (χ3n) is 2.69. The molecule has 4 heteroatoms. The Hall–Kier alpha value is -0.220. The highest BCUT2D eigenvalue weighted by Crippen LogP contribution is 2.23. The summed E-state index contributed by atoms with van der Waals surface area (Å²) < 4.78 is 5.12. The fraction of sp³-hybridized carbons (Fsp3) is 0.900. The minimum Gasteiger partial charge on any atom is -0.464 e. The largest absolute Gasteiger partial charge is 0.464 e. The summed E-state index contributed by atoms with van der Waals surface area (Å²) in [5.74, 6) is 0.592. The Labute approximate surface area is 90.8 Å². The van der Waals surface area contributed by atoms with Crippen molar-refractivity contribution in [1.82, 2.24) is 0 Å². The van der Waals surface area contributed by atoms with Gasteiger partial charge < -0.3 is 10.5 Å². The van der Waals surface area contributed by atoms with E-state index in [0.29, 0.717) is 18.3 Å². The van der Waals surface area contributed by atoms with Gasteiger partial charge in [-0.2, -0.15) is 12.6 Å². The highest BCUT2D eigenvalue weighted by atomic mass is 32.1. The molecule has 0 saturated heterocycles. The van der Waals surface area contributed by atoms with Gasteiger partial charge in [0, 0.05) is 5.75 Å². The summed E-state index contributed by atoms with van der Waals surface area (Å²) in [5, 5.41) is 0. The van der Waals surface area contributed by atoms with E-state index in [4.69, 9.17) is 10.5 Å². The van der Waals surface area contributed by atoms with Gasteiger partial charge in [0.25, 0.3) is 0 Å². The van der Waals surface area contributed by atoms with E-state index in [-0.39, 0.29) is 5.97 Å². The zero-order chi connectivity index (χ0) is 10.4. The van der Waals surface area contributed by atoms with Crippen LogP contribution >= 0.6 is 12.6 Å². The molecule has 0 amide bonds. The molecule has 0 spiro atoms. The van der Waals surface area contributed by atoms with E-state index in [0.717, 1.165) is 0 Å². The van der Waals surface area contributed by atoms with Gasteiger partial charge in [-0.3, -0.25) is 4.79 Å². The van der Waals surface area contributed by atoms with Gasteiger partial charge in [0.15, 0.2) is 0 Å². The molecule has 0 aromatic heterocycles. The summed E-state index contributed by atoms with van der Waals surface area (Å²) >= 11 is 3.95. The van der Waals surface area contributed by atoms with Crippen LogP contribution in [0.5, 0.6) is 0 Å². The van der Waals surface area contributed by atoms with Crippen LogP contribution in [-0.4, -0.2) is 24.4 Å². The zero-order valence-corrected chi connectivity index (χ0v) is 9.34. The van der Waals surface area contributed by atoms with Crippen LogP contribution in [0.1, 0.15) is 32.1 Å². The minimum atomic E-state index is -0.568. The number of rotatable bonds is 4. The highest BCUT2D eigenvalue weighted by Gasteiger charge is 2.18. The predicted octanol–water partition coefficient (Wildman–Crippen LogP) is 1.37. The minimum absolute atomic E-state index is 0.314. The van der Waals surface area contributed by atoms with Gasteiger partial charge in [0.1, 0.15) is 6.04 Å².